The van der Waals surface area contributed by atoms with Gasteiger partial charge in [0.2, 0.25) is 0 Å². The van der Waals surface area contributed by atoms with E-state index in [1.807, 2.05) is 24.3 Å². The summed E-state index contributed by atoms with van der Waals surface area (Å²) in [6.07, 6.45) is 0.126. The zero-order chi connectivity index (χ0) is 16.1. The first-order valence-corrected chi connectivity index (χ1v) is 7.93. The Labute approximate surface area is 134 Å². The van der Waals surface area contributed by atoms with Crippen LogP contribution < -0.4 is 4.74 Å². The summed E-state index contributed by atoms with van der Waals surface area (Å²) in [4.78, 5) is 18.3. The number of amides is 1. The first kappa shape index (κ1) is 16.5. The molecule has 0 saturated heterocycles. The van der Waals surface area contributed by atoms with Crippen molar-refractivity contribution in [3.05, 3.63) is 35.3 Å². The van der Waals surface area contributed by atoms with Crippen molar-refractivity contribution in [3.8, 4) is 16.3 Å². The Morgan fingerprint density at radius 3 is 2.86 bits per heavy atom. The van der Waals surface area contributed by atoms with Crippen molar-refractivity contribution >= 4 is 17.2 Å². The number of hydrogen-bond donors (Lipinski definition) is 1. The second kappa shape index (κ2) is 7.38. The number of aromatic nitrogens is 1. The van der Waals surface area contributed by atoms with Crippen LogP contribution >= 0.6 is 11.3 Å². The highest BCUT2D eigenvalue weighted by molar-refractivity contribution is 7.13. The maximum atomic E-state index is 12.3. The van der Waals surface area contributed by atoms with E-state index in [1.54, 1.807) is 31.4 Å². The van der Waals surface area contributed by atoms with Crippen LogP contribution in [-0.2, 0) is 0 Å². The van der Waals surface area contributed by atoms with Crippen molar-refractivity contribution in [1.82, 2.24) is 9.88 Å². The second-order valence-electron chi connectivity index (χ2n) is 5.10. The molecule has 0 aliphatic carbocycles. The molecule has 2 aromatic rings. The van der Waals surface area contributed by atoms with Crippen molar-refractivity contribution in [1.29, 1.82) is 0 Å². The number of carbonyl (C=O) groups excluding carboxylic acids is 1. The molecule has 0 spiro atoms. The van der Waals surface area contributed by atoms with Gasteiger partial charge in [-0.25, -0.2) is 4.98 Å². The molecule has 1 aromatic carbocycles. The molecule has 6 heteroatoms. The van der Waals surface area contributed by atoms with Gasteiger partial charge in [0.15, 0.2) is 0 Å². The molecule has 1 N–H and O–H groups in total. The van der Waals surface area contributed by atoms with Crippen LogP contribution in [0, 0.1) is 0 Å². The molecule has 0 saturated carbocycles. The standard InChI is InChI=1S/C16H20N2O3S/c1-11(19)8-9-18(2)16(20)13-10-22-15(17-13)12-6-4-5-7-14(12)21-3/h4-7,10-11,19H,8-9H2,1-3H3. The summed E-state index contributed by atoms with van der Waals surface area (Å²) < 4.78 is 5.33. The normalized spacial score (nSPS) is 12.0. The Morgan fingerprint density at radius 1 is 1.45 bits per heavy atom. The lowest BCUT2D eigenvalue weighted by atomic mass is 10.2. The lowest BCUT2D eigenvalue weighted by molar-refractivity contribution is 0.0764. The van der Waals surface area contributed by atoms with Crippen LogP contribution in [0.4, 0.5) is 0 Å². The molecular weight excluding hydrogens is 300 g/mol. The van der Waals surface area contributed by atoms with E-state index in [4.69, 9.17) is 4.74 Å². The topological polar surface area (TPSA) is 62.7 Å². The molecule has 1 aromatic heterocycles. The summed E-state index contributed by atoms with van der Waals surface area (Å²) in [5, 5.41) is 11.8. The average molecular weight is 320 g/mol. The van der Waals surface area contributed by atoms with Gasteiger partial charge in [-0.3, -0.25) is 4.79 Å². The molecule has 1 unspecified atom stereocenters. The third-order valence-corrected chi connectivity index (χ3v) is 4.17. The van der Waals surface area contributed by atoms with Crippen LogP contribution in [0.25, 0.3) is 10.6 Å². The number of nitrogens with zero attached hydrogens (tertiary/aromatic N) is 2. The maximum absolute atomic E-state index is 12.3. The summed E-state index contributed by atoms with van der Waals surface area (Å²) >= 11 is 1.41. The third kappa shape index (κ3) is 3.84. The van der Waals surface area contributed by atoms with Gasteiger partial charge in [-0.05, 0) is 25.5 Å². The van der Waals surface area contributed by atoms with Gasteiger partial charge in [-0.1, -0.05) is 12.1 Å². The lowest BCUT2D eigenvalue weighted by Crippen LogP contribution is -2.29. The Bertz CT molecular complexity index is 640. The van der Waals surface area contributed by atoms with E-state index in [1.165, 1.54) is 11.3 Å². The van der Waals surface area contributed by atoms with Gasteiger partial charge in [0, 0.05) is 19.0 Å². The molecule has 0 bridgehead atoms. The molecule has 1 atom stereocenters. The van der Waals surface area contributed by atoms with Gasteiger partial charge >= 0.3 is 0 Å². The van der Waals surface area contributed by atoms with E-state index in [9.17, 15) is 9.90 Å². The minimum atomic E-state index is -0.421. The Hall–Kier alpha value is -1.92. The fraction of sp³-hybridized carbons (Fsp3) is 0.375. The smallest absolute Gasteiger partial charge is 0.273 e. The number of carbonyl (C=O) groups is 1. The monoisotopic (exact) mass is 320 g/mol. The number of rotatable bonds is 6. The Morgan fingerprint density at radius 2 is 2.18 bits per heavy atom. The fourth-order valence-corrected chi connectivity index (χ4v) is 2.82. The average Bonchev–Trinajstić information content (AvgIpc) is 3.01. The van der Waals surface area contributed by atoms with Crippen molar-refractivity contribution in [2.45, 2.75) is 19.4 Å². The third-order valence-electron chi connectivity index (χ3n) is 3.29. The molecule has 1 heterocycles. The highest BCUT2D eigenvalue weighted by Crippen LogP contribution is 2.32. The minimum absolute atomic E-state index is 0.141. The van der Waals surface area contributed by atoms with Crippen LogP contribution in [0.15, 0.2) is 29.6 Å². The molecule has 2 rings (SSSR count). The van der Waals surface area contributed by atoms with Crippen LogP contribution in [0.5, 0.6) is 5.75 Å². The quantitative estimate of drug-likeness (QED) is 0.889. The number of hydrogen-bond acceptors (Lipinski definition) is 5. The first-order valence-electron chi connectivity index (χ1n) is 7.05. The van der Waals surface area contributed by atoms with E-state index < -0.39 is 6.10 Å². The number of aliphatic hydroxyl groups excluding tert-OH is 1. The van der Waals surface area contributed by atoms with E-state index in [0.29, 0.717) is 18.7 Å². The number of methoxy groups -OCH3 is 1. The van der Waals surface area contributed by atoms with Crippen molar-refractivity contribution in [2.24, 2.45) is 0 Å². The van der Waals surface area contributed by atoms with Crippen LogP contribution in [0.2, 0.25) is 0 Å². The molecule has 1 amide bonds. The summed E-state index contributed by atoms with van der Waals surface area (Å²) in [6, 6.07) is 7.59. The molecule has 0 radical (unpaired) electrons. The van der Waals surface area contributed by atoms with Crippen LogP contribution in [0.1, 0.15) is 23.8 Å². The van der Waals surface area contributed by atoms with E-state index in [2.05, 4.69) is 4.98 Å². The molecule has 5 nitrogen and oxygen atoms in total. The molecule has 118 valence electrons. The predicted octanol–water partition coefficient (Wildman–Crippen LogP) is 2.66. The minimum Gasteiger partial charge on any atom is -0.496 e. The number of ether oxygens (including phenoxy) is 1. The van der Waals surface area contributed by atoms with Gasteiger partial charge < -0.3 is 14.7 Å². The first-order chi connectivity index (χ1) is 10.5. The molecule has 0 aliphatic heterocycles. The SMILES string of the molecule is COc1ccccc1-c1nc(C(=O)N(C)CCC(C)O)cs1. The highest BCUT2D eigenvalue weighted by Gasteiger charge is 2.17. The van der Waals surface area contributed by atoms with Crippen molar-refractivity contribution in [2.75, 3.05) is 20.7 Å². The van der Waals surface area contributed by atoms with Gasteiger partial charge in [-0.15, -0.1) is 11.3 Å². The predicted molar refractivity (Wildman–Crippen MR) is 87.4 cm³/mol. The molecule has 0 fully saturated rings. The molecule has 0 aliphatic rings. The van der Waals surface area contributed by atoms with E-state index >= 15 is 0 Å². The second-order valence-corrected chi connectivity index (χ2v) is 5.96. The van der Waals surface area contributed by atoms with Gasteiger partial charge in [0.05, 0.1) is 18.8 Å². The fourth-order valence-electron chi connectivity index (χ4n) is 1.99. The van der Waals surface area contributed by atoms with E-state index in [0.717, 1.165) is 16.3 Å². The lowest BCUT2D eigenvalue weighted by Gasteiger charge is -2.16. The Balaban J connectivity index is 2.15. The number of para-hydroxylation sites is 1. The molecular formula is C16H20N2O3S. The summed E-state index contributed by atoms with van der Waals surface area (Å²) in [6.45, 7) is 2.21. The van der Waals surface area contributed by atoms with Crippen LogP contribution in [0.3, 0.4) is 0 Å². The summed E-state index contributed by atoms with van der Waals surface area (Å²) in [7, 11) is 3.33. The van der Waals surface area contributed by atoms with Gasteiger partial charge in [-0.2, -0.15) is 0 Å². The van der Waals surface area contributed by atoms with E-state index in [-0.39, 0.29) is 5.91 Å². The van der Waals surface area contributed by atoms with Crippen molar-refractivity contribution in [3.63, 3.8) is 0 Å². The number of thiazole rings is 1. The zero-order valence-electron chi connectivity index (χ0n) is 12.9. The Kier molecular flexibility index (Phi) is 5.51. The summed E-state index contributed by atoms with van der Waals surface area (Å²) in [5.41, 5.74) is 1.29. The number of benzene rings is 1. The maximum Gasteiger partial charge on any atom is 0.273 e. The van der Waals surface area contributed by atoms with Crippen LogP contribution in [-0.4, -0.2) is 47.7 Å². The number of aliphatic hydroxyl groups is 1. The van der Waals surface area contributed by atoms with Crippen molar-refractivity contribution < 1.29 is 14.6 Å². The highest BCUT2D eigenvalue weighted by atomic mass is 32.1. The summed E-state index contributed by atoms with van der Waals surface area (Å²) in [5.74, 6) is 0.594. The molecule has 22 heavy (non-hydrogen) atoms. The largest absolute Gasteiger partial charge is 0.496 e. The van der Waals surface area contributed by atoms with Gasteiger partial charge in [0.25, 0.3) is 5.91 Å². The zero-order valence-corrected chi connectivity index (χ0v) is 13.8. The van der Waals surface area contributed by atoms with Gasteiger partial charge in [0.1, 0.15) is 16.5 Å².